The Morgan fingerprint density at radius 2 is 1.67 bits per heavy atom. The van der Waals surface area contributed by atoms with Gasteiger partial charge in [0.25, 0.3) is 5.56 Å². The molecule has 4 atom stereocenters. The molecule has 15 nitrogen and oxygen atoms in total. The zero-order valence-electron chi connectivity index (χ0n) is 20.6. The zero-order chi connectivity index (χ0) is 26.9. The largest absolute Gasteiger partial charge is 0.464 e. The second-order valence-electron chi connectivity index (χ2n) is 9.09. The van der Waals surface area contributed by atoms with Crippen LogP contribution in [0.4, 0.5) is 10.7 Å². The summed E-state index contributed by atoms with van der Waals surface area (Å²) in [6.07, 6.45) is -3.62. The number of hydrogen-bond acceptors (Lipinski definition) is 12. The van der Waals surface area contributed by atoms with E-state index in [0.717, 1.165) is 25.7 Å². The number of carbonyl (C=O) groups excluding carboxylic acids is 4. The van der Waals surface area contributed by atoms with Crippen LogP contribution in [0.3, 0.4) is 0 Å². The average molecular weight is 508 g/mol. The van der Waals surface area contributed by atoms with Crippen molar-refractivity contribution >= 4 is 41.1 Å². The number of imidazole rings is 1. The highest BCUT2D eigenvalue weighted by Crippen LogP contribution is 2.39. The van der Waals surface area contributed by atoms with E-state index in [1.54, 1.807) is 20.8 Å². The minimum absolute atomic E-state index is 0.0401. The number of nitrogen functional groups attached to an aromatic ring is 1. The predicted octanol–water partition coefficient (Wildman–Crippen LogP) is 0.246. The van der Waals surface area contributed by atoms with E-state index in [4.69, 9.17) is 24.7 Å². The summed E-state index contributed by atoms with van der Waals surface area (Å²) in [7, 11) is 0. The van der Waals surface area contributed by atoms with Gasteiger partial charge < -0.3 is 24.7 Å². The number of nitrogens with one attached hydrogen (secondary N) is 1. The van der Waals surface area contributed by atoms with Crippen LogP contribution < -0.4 is 11.3 Å². The molecule has 1 fully saturated rings. The molecule has 3 heterocycles. The van der Waals surface area contributed by atoms with Crippen LogP contribution in [0.25, 0.3) is 11.2 Å². The number of esters is 3. The molecule has 196 valence electrons. The van der Waals surface area contributed by atoms with Gasteiger partial charge in [-0.25, -0.2) is 9.78 Å². The third kappa shape index (κ3) is 5.55. The standard InChI is InChI=1S/C21H28N6O9/c1-9(28)33-7-12-14(34-10(2)29)15(35-11(3)30)18(27(12)20(32)36-21(4,5)6)26-8-23-13-16(26)24-19(22)25-17(13)31/h8,12,14-15,18H,7H2,1-6H3,(H3,22,24,25,31)/t12-,14-,15-,18-/m1/s1. The summed E-state index contributed by atoms with van der Waals surface area (Å²) in [6, 6.07) is -1.15. The van der Waals surface area contributed by atoms with Crippen LogP contribution in [0.5, 0.6) is 0 Å². The molecule has 0 saturated carbocycles. The SMILES string of the molecule is CC(=O)OC[C@@H]1[C@@H](OC(C)=O)[C@@H](OC(C)=O)[C@H](n2cnc3c(=O)[nH]c(N)nc32)N1C(=O)OC(C)(C)C. The van der Waals surface area contributed by atoms with Crippen LogP contribution >= 0.6 is 0 Å². The van der Waals surface area contributed by atoms with Crippen molar-refractivity contribution in [2.24, 2.45) is 0 Å². The van der Waals surface area contributed by atoms with Gasteiger partial charge in [-0.1, -0.05) is 0 Å². The molecule has 1 saturated heterocycles. The van der Waals surface area contributed by atoms with Gasteiger partial charge in [0.05, 0.1) is 6.33 Å². The molecule has 0 spiro atoms. The molecule has 0 unspecified atom stereocenters. The number of aromatic nitrogens is 4. The van der Waals surface area contributed by atoms with Gasteiger partial charge in [0.2, 0.25) is 5.95 Å². The summed E-state index contributed by atoms with van der Waals surface area (Å²) >= 11 is 0. The number of H-pyrrole nitrogens is 1. The molecule has 3 N–H and O–H groups in total. The Balaban J connectivity index is 2.27. The van der Waals surface area contributed by atoms with Crippen LogP contribution in [-0.2, 0) is 33.3 Å². The van der Waals surface area contributed by atoms with Crippen molar-refractivity contribution in [3.63, 3.8) is 0 Å². The van der Waals surface area contributed by atoms with Crippen molar-refractivity contribution in [2.45, 2.75) is 71.6 Å². The molecule has 3 rings (SSSR count). The predicted molar refractivity (Wildman–Crippen MR) is 121 cm³/mol. The molecule has 1 aliphatic rings. The smallest absolute Gasteiger partial charge is 0.412 e. The summed E-state index contributed by atoms with van der Waals surface area (Å²) < 4.78 is 23.0. The van der Waals surface area contributed by atoms with Crippen LogP contribution in [0.1, 0.15) is 47.7 Å². The minimum atomic E-state index is -1.33. The summed E-state index contributed by atoms with van der Waals surface area (Å²) in [6.45, 7) is 7.91. The van der Waals surface area contributed by atoms with Crippen molar-refractivity contribution in [1.82, 2.24) is 24.4 Å². The topological polar surface area (TPSA) is 198 Å². The van der Waals surface area contributed by atoms with E-state index >= 15 is 0 Å². The van der Waals surface area contributed by atoms with Crippen LogP contribution in [-0.4, -0.2) is 78.9 Å². The van der Waals surface area contributed by atoms with E-state index in [1.165, 1.54) is 10.9 Å². The van der Waals surface area contributed by atoms with E-state index in [0.29, 0.717) is 0 Å². The fourth-order valence-corrected chi connectivity index (χ4v) is 3.92. The fourth-order valence-electron chi connectivity index (χ4n) is 3.92. The first kappa shape index (κ1) is 26.4. The Bertz CT molecular complexity index is 1250. The molecular weight excluding hydrogens is 480 g/mol. The number of likely N-dealkylation sites (tertiary alicyclic amines) is 1. The molecule has 15 heteroatoms. The first-order valence-electron chi connectivity index (χ1n) is 10.9. The van der Waals surface area contributed by atoms with Gasteiger partial charge in [-0.05, 0) is 20.8 Å². The van der Waals surface area contributed by atoms with Gasteiger partial charge in [-0.2, -0.15) is 4.98 Å². The number of aromatic amines is 1. The van der Waals surface area contributed by atoms with E-state index in [2.05, 4.69) is 15.0 Å². The Labute approximate surface area is 204 Å². The highest BCUT2D eigenvalue weighted by Gasteiger charge is 2.57. The van der Waals surface area contributed by atoms with Crippen molar-refractivity contribution in [3.8, 4) is 0 Å². The lowest BCUT2D eigenvalue weighted by molar-refractivity contribution is -0.166. The number of ether oxygens (including phenoxy) is 4. The number of amides is 1. The molecule has 1 amide bonds. The third-order valence-corrected chi connectivity index (χ3v) is 5.04. The van der Waals surface area contributed by atoms with Crippen LogP contribution in [0, 0.1) is 0 Å². The Hall–Kier alpha value is -4.17. The first-order valence-corrected chi connectivity index (χ1v) is 10.9. The third-order valence-electron chi connectivity index (χ3n) is 5.04. The van der Waals surface area contributed by atoms with E-state index in [-0.39, 0.29) is 17.1 Å². The summed E-state index contributed by atoms with van der Waals surface area (Å²) in [4.78, 5) is 73.2. The summed E-state index contributed by atoms with van der Waals surface area (Å²) in [5, 5.41) is 0. The molecule has 0 aliphatic carbocycles. The fraction of sp³-hybridized carbons (Fsp3) is 0.571. The summed E-state index contributed by atoms with van der Waals surface area (Å²) in [5.41, 5.74) is 3.97. The number of nitrogens with zero attached hydrogens (tertiary/aromatic N) is 4. The van der Waals surface area contributed by atoms with E-state index in [9.17, 15) is 24.0 Å². The lowest BCUT2D eigenvalue weighted by Gasteiger charge is -2.33. The molecule has 0 aromatic carbocycles. The average Bonchev–Trinajstić information content (AvgIpc) is 3.24. The Morgan fingerprint density at radius 1 is 1.06 bits per heavy atom. The van der Waals surface area contributed by atoms with Gasteiger partial charge in [-0.3, -0.25) is 33.6 Å². The molecule has 0 bridgehead atoms. The summed E-state index contributed by atoms with van der Waals surface area (Å²) in [5.74, 6) is -2.39. The highest BCUT2D eigenvalue weighted by molar-refractivity contribution is 5.74. The lowest BCUT2D eigenvalue weighted by Crippen LogP contribution is -2.47. The molecular formula is C21H28N6O9. The normalized spacial score (nSPS) is 21.8. The van der Waals surface area contributed by atoms with Gasteiger partial charge in [-0.15, -0.1) is 0 Å². The van der Waals surface area contributed by atoms with E-state index in [1.807, 2.05) is 0 Å². The Kier molecular flexibility index (Phi) is 7.22. The number of nitrogens with two attached hydrogens (primary N) is 1. The lowest BCUT2D eigenvalue weighted by atomic mass is 10.1. The van der Waals surface area contributed by atoms with Crippen molar-refractivity contribution < 1.29 is 38.1 Å². The monoisotopic (exact) mass is 508 g/mol. The molecule has 0 radical (unpaired) electrons. The second kappa shape index (κ2) is 9.83. The van der Waals surface area contributed by atoms with Crippen LogP contribution in [0.15, 0.2) is 11.1 Å². The van der Waals surface area contributed by atoms with E-state index < -0.39 is 66.2 Å². The number of hydrogen-bond donors (Lipinski definition) is 2. The maximum absolute atomic E-state index is 13.5. The zero-order valence-corrected chi connectivity index (χ0v) is 20.6. The van der Waals surface area contributed by atoms with Gasteiger partial charge in [0, 0.05) is 20.8 Å². The molecule has 2 aromatic heterocycles. The quantitative estimate of drug-likeness (QED) is 0.413. The first-order chi connectivity index (χ1) is 16.7. The van der Waals surface area contributed by atoms with Gasteiger partial charge >= 0.3 is 24.0 Å². The molecule has 1 aliphatic heterocycles. The van der Waals surface area contributed by atoms with Gasteiger partial charge in [0.15, 0.2) is 29.5 Å². The molecule has 36 heavy (non-hydrogen) atoms. The van der Waals surface area contributed by atoms with Crippen molar-refractivity contribution in [1.29, 1.82) is 0 Å². The Morgan fingerprint density at radius 3 is 2.22 bits per heavy atom. The maximum atomic E-state index is 13.5. The number of fused-ring (bicyclic) bond motifs is 1. The minimum Gasteiger partial charge on any atom is -0.464 e. The van der Waals surface area contributed by atoms with Crippen LogP contribution in [0.2, 0.25) is 0 Å². The molecule has 2 aromatic rings. The van der Waals surface area contributed by atoms with Crippen molar-refractivity contribution in [3.05, 3.63) is 16.7 Å². The number of carbonyl (C=O) groups is 4. The number of rotatable bonds is 5. The van der Waals surface area contributed by atoms with Gasteiger partial charge in [0.1, 0.15) is 18.2 Å². The van der Waals surface area contributed by atoms with Crippen molar-refractivity contribution in [2.75, 3.05) is 12.3 Å². The number of anilines is 1. The highest BCUT2D eigenvalue weighted by atomic mass is 16.6. The maximum Gasteiger partial charge on any atom is 0.412 e. The second-order valence-corrected chi connectivity index (χ2v) is 9.09.